The molecule has 1 unspecified atom stereocenters. The van der Waals surface area contributed by atoms with Crippen molar-refractivity contribution in [3.63, 3.8) is 0 Å². The Morgan fingerprint density at radius 2 is 1.95 bits per heavy atom. The largest absolute Gasteiger partial charge is 0.446 e. The van der Waals surface area contributed by atoms with Crippen LogP contribution in [0.1, 0.15) is 25.3 Å². The van der Waals surface area contributed by atoms with Crippen molar-refractivity contribution in [2.45, 2.75) is 42.1 Å². The van der Waals surface area contributed by atoms with Gasteiger partial charge in [0.1, 0.15) is 0 Å². The highest BCUT2D eigenvalue weighted by atomic mass is 32.2. The first-order chi connectivity index (χ1) is 8.76. The van der Waals surface area contributed by atoms with Gasteiger partial charge in [-0.05, 0) is 49.2 Å². The minimum Gasteiger partial charge on any atom is -0.351 e. The zero-order chi connectivity index (χ0) is 14.1. The van der Waals surface area contributed by atoms with Gasteiger partial charge in [-0.3, -0.25) is 4.79 Å². The zero-order valence-electron chi connectivity index (χ0n) is 10.4. The molecular formula is C13H14F3NOS. The third kappa shape index (κ3) is 4.16. The molecule has 0 saturated carbocycles. The van der Waals surface area contributed by atoms with E-state index < -0.39 is 5.51 Å². The van der Waals surface area contributed by atoms with Crippen molar-refractivity contribution in [3.8, 4) is 0 Å². The van der Waals surface area contributed by atoms with Gasteiger partial charge < -0.3 is 5.32 Å². The Hall–Kier alpha value is -1.17. The van der Waals surface area contributed by atoms with Crippen molar-refractivity contribution < 1.29 is 18.0 Å². The molecule has 1 heterocycles. The molecule has 1 aliphatic rings. The Morgan fingerprint density at radius 1 is 1.32 bits per heavy atom. The molecule has 2 nitrogen and oxygen atoms in total. The maximum absolute atomic E-state index is 12.2. The molecule has 2 rings (SSSR count). The molecule has 19 heavy (non-hydrogen) atoms. The van der Waals surface area contributed by atoms with Crippen molar-refractivity contribution in [3.05, 3.63) is 29.8 Å². The van der Waals surface area contributed by atoms with E-state index >= 15 is 0 Å². The molecular weight excluding hydrogens is 275 g/mol. The topological polar surface area (TPSA) is 29.1 Å². The summed E-state index contributed by atoms with van der Waals surface area (Å²) < 4.78 is 36.6. The van der Waals surface area contributed by atoms with Gasteiger partial charge in [0, 0.05) is 16.9 Å². The van der Waals surface area contributed by atoms with E-state index in [9.17, 15) is 18.0 Å². The SMILES string of the molecule is CC1(Cc2ccc(SC(F)(F)F)cc2)CCC(=O)N1. The van der Waals surface area contributed by atoms with Gasteiger partial charge in [-0.15, -0.1) is 0 Å². The van der Waals surface area contributed by atoms with Gasteiger partial charge in [0.2, 0.25) is 5.91 Å². The van der Waals surface area contributed by atoms with E-state index in [0.717, 1.165) is 12.0 Å². The summed E-state index contributed by atoms with van der Waals surface area (Å²) in [4.78, 5) is 11.4. The Morgan fingerprint density at radius 3 is 2.42 bits per heavy atom. The van der Waals surface area contributed by atoms with Crippen LogP contribution in [0.25, 0.3) is 0 Å². The Labute approximate surface area is 113 Å². The van der Waals surface area contributed by atoms with E-state index in [2.05, 4.69) is 5.32 Å². The second kappa shape index (κ2) is 5.07. The number of thioether (sulfide) groups is 1. The first kappa shape index (κ1) is 14.2. The van der Waals surface area contributed by atoms with Crippen LogP contribution >= 0.6 is 11.8 Å². The number of nitrogens with one attached hydrogen (secondary N) is 1. The van der Waals surface area contributed by atoms with Gasteiger partial charge in [-0.25, -0.2) is 0 Å². The summed E-state index contributed by atoms with van der Waals surface area (Å²) >= 11 is -0.118. The summed E-state index contributed by atoms with van der Waals surface area (Å²) in [6.45, 7) is 1.95. The van der Waals surface area contributed by atoms with Crippen LogP contribution in [-0.4, -0.2) is 17.0 Å². The number of carbonyl (C=O) groups excluding carboxylic acids is 1. The predicted molar refractivity (Wildman–Crippen MR) is 67.8 cm³/mol. The molecule has 1 N–H and O–H groups in total. The molecule has 1 amide bonds. The Balaban J connectivity index is 2.01. The lowest BCUT2D eigenvalue weighted by atomic mass is 9.91. The van der Waals surface area contributed by atoms with Crippen molar-refractivity contribution in [1.82, 2.24) is 5.32 Å². The summed E-state index contributed by atoms with van der Waals surface area (Å²) in [5.41, 5.74) is -3.61. The summed E-state index contributed by atoms with van der Waals surface area (Å²) in [7, 11) is 0. The molecule has 1 atom stereocenters. The smallest absolute Gasteiger partial charge is 0.351 e. The minimum atomic E-state index is -4.26. The van der Waals surface area contributed by atoms with Gasteiger partial charge in [-0.2, -0.15) is 13.2 Å². The van der Waals surface area contributed by atoms with Crippen LogP contribution in [0.5, 0.6) is 0 Å². The highest BCUT2D eigenvalue weighted by Gasteiger charge is 2.33. The maximum Gasteiger partial charge on any atom is 0.446 e. The maximum atomic E-state index is 12.2. The van der Waals surface area contributed by atoms with Crippen LogP contribution in [-0.2, 0) is 11.2 Å². The molecule has 1 aliphatic heterocycles. The number of alkyl halides is 3. The van der Waals surface area contributed by atoms with Gasteiger partial charge in [0.05, 0.1) is 0 Å². The highest BCUT2D eigenvalue weighted by molar-refractivity contribution is 8.00. The van der Waals surface area contributed by atoms with Crippen LogP contribution in [0.15, 0.2) is 29.2 Å². The van der Waals surface area contributed by atoms with Crippen molar-refractivity contribution in [1.29, 1.82) is 0 Å². The monoisotopic (exact) mass is 289 g/mol. The number of hydrogen-bond acceptors (Lipinski definition) is 2. The molecule has 1 aromatic carbocycles. The van der Waals surface area contributed by atoms with E-state index in [1.54, 1.807) is 12.1 Å². The van der Waals surface area contributed by atoms with Crippen LogP contribution in [0, 0.1) is 0 Å². The summed E-state index contributed by atoms with van der Waals surface area (Å²) in [6, 6.07) is 6.30. The summed E-state index contributed by atoms with van der Waals surface area (Å²) in [5, 5.41) is 2.91. The quantitative estimate of drug-likeness (QED) is 0.863. The molecule has 0 spiro atoms. The number of hydrogen-bond donors (Lipinski definition) is 1. The van der Waals surface area contributed by atoms with Crippen LogP contribution in [0.3, 0.4) is 0 Å². The number of amides is 1. The van der Waals surface area contributed by atoms with E-state index in [1.807, 2.05) is 6.92 Å². The Bertz CT molecular complexity index is 472. The van der Waals surface area contributed by atoms with E-state index in [1.165, 1.54) is 12.1 Å². The highest BCUT2D eigenvalue weighted by Crippen LogP contribution is 2.37. The normalized spacial score (nSPS) is 23.5. The number of rotatable bonds is 3. The van der Waals surface area contributed by atoms with Gasteiger partial charge in [0.15, 0.2) is 0 Å². The summed E-state index contributed by atoms with van der Waals surface area (Å²) in [5.74, 6) is 0.0340. The number of benzene rings is 1. The fourth-order valence-electron chi connectivity index (χ4n) is 2.24. The van der Waals surface area contributed by atoms with Crippen molar-refractivity contribution >= 4 is 17.7 Å². The fourth-order valence-corrected chi connectivity index (χ4v) is 2.78. The van der Waals surface area contributed by atoms with Crippen LogP contribution in [0.2, 0.25) is 0 Å². The zero-order valence-corrected chi connectivity index (χ0v) is 11.2. The number of halogens is 3. The predicted octanol–water partition coefficient (Wildman–Crippen LogP) is 3.51. The van der Waals surface area contributed by atoms with E-state index in [-0.39, 0.29) is 28.1 Å². The van der Waals surface area contributed by atoms with Gasteiger partial charge in [0.25, 0.3) is 0 Å². The average molecular weight is 289 g/mol. The third-order valence-corrected chi connectivity index (χ3v) is 3.84. The second-order valence-corrected chi connectivity index (χ2v) is 6.12. The fraction of sp³-hybridized carbons (Fsp3) is 0.462. The lowest BCUT2D eigenvalue weighted by Gasteiger charge is -2.24. The first-order valence-electron chi connectivity index (χ1n) is 5.91. The minimum absolute atomic E-state index is 0.0340. The molecule has 104 valence electrons. The summed E-state index contributed by atoms with van der Waals surface area (Å²) in [6.07, 6.45) is 1.90. The van der Waals surface area contributed by atoms with Crippen LogP contribution < -0.4 is 5.32 Å². The second-order valence-electron chi connectivity index (χ2n) is 4.98. The Kier molecular flexibility index (Phi) is 3.80. The lowest BCUT2D eigenvalue weighted by Crippen LogP contribution is -2.40. The molecule has 0 bridgehead atoms. The van der Waals surface area contributed by atoms with Crippen molar-refractivity contribution in [2.75, 3.05) is 0 Å². The number of carbonyl (C=O) groups is 1. The molecule has 0 aliphatic carbocycles. The average Bonchev–Trinajstić information content (AvgIpc) is 2.59. The van der Waals surface area contributed by atoms with Crippen molar-refractivity contribution in [2.24, 2.45) is 0 Å². The molecule has 6 heteroatoms. The van der Waals surface area contributed by atoms with Gasteiger partial charge in [-0.1, -0.05) is 12.1 Å². The molecule has 0 aromatic heterocycles. The van der Waals surface area contributed by atoms with E-state index in [4.69, 9.17) is 0 Å². The molecule has 1 aromatic rings. The molecule has 0 radical (unpaired) electrons. The molecule has 1 saturated heterocycles. The lowest BCUT2D eigenvalue weighted by molar-refractivity contribution is -0.119. The third-order valence-electron chi connectivity index (χ3n) is 3.10. The van der Waals surface area contributed by atoms with Gasteiger partial charge >= 0.3 is 5.51 Å². The first-order valence-corrected chi connectivity index (χ1v) is 6.73. The standard InChI is InChI=1S/C13H14F3NOS/c1-12(7-6-11(18)17-12)8-9-2-4-10(5-3-9)19-13(14,15)16/h2-5H,6-8H2,1H3,(H,17,18). The van der Waals surface area contributed by atoms with E-state index in [0.29, 0.717) is 12.8 Å². The van der Waals surface area contributed by atoms with Crippen LogP contribution in [0.4, 0.5) is 13.2 Å². The molecule has 1 fully saturated rings.